The summed E-state index contributed by atoms with van der Waals surface area (Å²) in [5.74, 6) is -1.81. The minimum Gasteiger partial charge on any atom is -0.399 e. The molecule has 0 saturated heterocycles. The summed E-state index contributed by atoms with van der Waals surface area (Å²) in [6.07, 6.45) is -4.64. The van der Waals surface area contributed by atoms with Gasteiger partial charge in [0.15, 0.2) is 5.78 Å². The first-order chi connectivity index (χ1) is 9.70. The lowest BCUT2D eigenvalue weighted by Crippen LogP contribution is -2.11. The maximum atomic E-state index is 13.7. The van der Waals surface area contributed by atoms with Crippen molar-refractivity contribution in [1.29, 1.82) is 0 Å². The first-order valence-electron chi connectivity index (χ1n) is 5.97. The number of rotatable bonds is 2. The molecule has 21 heavy (non-hydrogen) atoms. The van der Waals surface area contributed by atoms with Crippen molar-refractivity contribution in [1.82, 2.24) is 0 Å². The van der Waals surface area contributed by atoms with Crippen molar-refractivity contribution in [2.24, 2.45) is 0 Å². The molecule has 2 aromatic carbocycles. The summed E-state index contributed by atoms with van der Waals surface area (Å²) in [5, 5.41) is 0. The molecule has 0 aliphatic rings. The fourth-order valence-corrected chi connectivity index (χ4v) is 1.96. The van der Waals surface area contributed by atoms with E-state index in [0.29, 0.717) is 29.4 Å². The molecule has 0 aliphatic heterocycles. The van der Waals surface area contributed by atoms with Crippen molar-refractivity contribution in [3.8, 4) is 0 Å². The van der Waals surface area contributed by atoms with Gasteiger partial charge in [-0.25, -0.2) is 4.39 Å². The molecule has 0 heterocycles. The molecular formula is C15H11F4NO. The van der Waals surface area contributed by atoms with E-state index < -0.39 is 28.9 Å². The van der Waals surface area contributed by atoms with Gasteiger partial charge in [0, 0.05) is 11.3 Å². The van der Waals surface area contributed by atoms with Crippen LogP contribution in [0.15, 0.2) is 36.4 Å². The van der Waals surface area contributed by atoms with Crippen LogP contribution in [0.1, 0.15) is 27.0 Å². The van der Waals surface area contributed by atoms with E-state index in [-0.39, 0.29) is 5.56 Å². The molecule has 0 aromatic heterocycles. The number of hydrogen-bond donors (Lipinski definition) is 1. The van der Waals surface area contributed by atoms with E-state index in [1.807, 2.05) is 0 Å². The predicted octanol–water partition coefficient (Wildman–Crippen LogP) is 3.97. The Morgan fingerprint density at radius 1 is 1.05 bits per heavy atom. The molecule has 0 fully saturated rings. The number of alkyl halides is 3. The Labute approximate surface area is 118 Å². The molecule has 0 atom stereocenters. The number of anilines is 1. The van der Waals surface area contributed by atoms with Crippen molar-refractivity contribution in [3.05, 3.63) is 64.5 Å². The van der Waals surface area contributed by atoms with Crippen molar-refractivity contribution in [2.75, 3.05) is 5.73 Å². The molecule has 0 radical (unpaired) electrons. The zero-order valence-electron chi connectivity index (χ0n) is 11.0. The Morgan fingerprint density at radius 2 is 1.71 bits per heavy atom. The molecule has 0 unspecified atom stereocenters. The van der Waals surface area contributed by atoms with Crippen molar-refractivity contribution in [2.45, 2.75) is 13.1 Å². The quantitative estimate of drug-likeness (QED) is 0.518. The highest BCUT2D eigenvalue weighted by Gasteiger charge is 2.32. The normalized spacial score (nSPS) is 11.5. The summed E-state index contributed by atoms with van der Waals surface area (Å²) in [7, 11) is 0. The van der Waals surface area contributed by atoms with Crippen LogP contribution >= 0.6 is 0 Å². The third-order valence-electron chi connectivity index (χ3n) is 3.03. The van der Waals surface area contributed by atoms with Gasteiger partial charge in [-0.05, 0) is 48.9 Å². The third-order valence-corrected chi connectivity index (χ3v) is 3.03. The third kappa shape index (κ3) is 3.04. The second-order valence-corrected chi connectivity index (χ2v) is 4.60. The van der Waals surface area contributed by atoms with E-state index in [9.17, 15) is 22.4 Å². The predicted molar refractivity (Wildman–Crippen MR) is 70.4 cm³/mol. The van der Waals surface area contributed by atoms with Crippen LogP contribution in [-0.4, -0.2) is 5.78 Å². The Bertz CT molecular complexity index is 707. The average molecular weight is 297 g/mol. The molecule has 0 amide bonds. The van der Waals surface area contributed by atoms with E-state index >= 15 is 0 Å². The largest absolute Gasteiger partial charge is 0.416 e. The maximum Gasteiger partial charge on any atom is 0.416 e. The smallest absolute Gasteiger partial charge is 0.399 e. The number of halogens is 4. The minimum atomic E-state index is -4.64. The van der Waals surface area contributed by atoms with Gasteiger partial charge < -0.3 is 5.73 Å². The van der Waals surface area contributed by atoms with Gasteiger partial charge in [-0.1, -0.05) is 0 Å². The first-order valence-corrected chi connectivity index (χ1v) is 5.97. The number of hydrogen-bond acceptors (Lipinski definition) is 2. The van der Waals surface area contributed by atoms with Crippen LogP contribution in [0.4, 0.5) is 23.2 Å². The fraction of sp³-hybridized carbons (Fsp3) is 0.133. The standard InChI is InChI=1S/C15H11F4NO/c1-8-6-10(20)3-4-11(8)14(21)12-7-9(15(17,18)19)2-5-13(12)16/h2-7H,20H2,1H3. The van der Waals surface area contributed by atoms with Gasteiger partial charge in [0.05, 0.1) is 11.1 Å². The number of carbonyl (C=O) groups is 1. The Balaban J connectivity index is 2.53. The van der Waals surface area contributed by atoms with Crippen molar-refractivity contribution in [3.63, 3.8) is 0 Å². The van der Waals surface area contributed by atoms with Crippen LogP contribution in [0, 0.1) is 12.7 Å². The lowest BCUT2D eigenvalue weighted by molar-refractivity contribution is -0.137. The fourth-order valence-electron chi connectivity index (χ4n) is 1.96. The van der Waals surface area contributed by atoms with Gasteiger partial charge in [0.2, 0.25) is 0 Å². The molecule has 0 saturated carbocycles. The second-order valence-electron chi connectivity index (χ2n) is 4.60. The number of nitrogen functional groups attached to an aromatic ring is 1. The zero-order valence-corrected chi connectivity index (χ0v) is 11.0. The number of ketones is 1. The van der Waals surface area contributed by atoms with Crippen LogP contribution in [0.5, 0.6) is 0 Å². The molecule has 2 N–H and O–H groups in total. The van der Waals surface area contributed by atoms with Gasteiger partial charge in [-0.3, -0.25) is 4.79 Å². The summed E-state index contributed by atoms with van der Waals surface area (Å²) in [5.41, 5.74) is 4.85. The summed E-state index contributed by atoms with van der Waals surface area (Å²) < 4.78 is 51.6. The molecule has 6 heteroatoms. The highest BCUT2D eigenvalue weighted by molar-refractivity contribution is 6.10. The van der Waals surface area contributed by atoms with Crippen LogP contribution < -0.4 is 5.73 Å². The van der Waals surface area contributed by atoms with Gasteiger partial charge >= 0.3 is 6.18 Å². The lowest BCUT2D eigenvalue weighted by atomic mass is 9.97. The van der Waals surface area contributed by atoms with E-state index in [0.717, 1.165) is 0 Å². The monoisotopic (exact) mass is 297 g/mol. The molecule has 2 rings (SSSR count). The lowest BCUT2D eigenvalue weighted by Gasteiger charge is -2.10. The molecule has 0 spiro atoms. The first kappa shape index (κ1) is 15.0. The minimum absolute atomic E-state index is 0.113. The highest BCUT2D eigenvalue weighted by Crippen LogP contribution is 2.31. The van der Waals surface area contributed by atoms with E-state index in [4.69, 9.17) is 5.73 Å². The summed E-state index contributed by atoms with van der Waals surface area (Å²) >= 11 is 0. The second kappa shape index (κ2) is 5.20. The molecule has 0 aliphatic carbocycles. The van der Waals surface area contributed by atoms with E-state index in [1.54, 1.807) is 6.92 Å². The van der Waals surface area contributed by atoms with Crippen molar-refractivity contribution < 1.29 is 22.4 Å². The van der Waals surface area contributed by atoms with Crippen LogP contribution in [0.25, 0.3) is 0 Å². The zero-order chi connectivity index (χ0) is 15.8. The summed E-state index contributed by atoms with van der Waals surface area (Å²) in [6, 6.07) is 6.06. The number of aryl methyl sites for hydroxylation is 1. The molecular weight excluding hydrogens is 286 g/mol. The summed E-state index contributed by atoms with van der Waals surface area (Å²) in [4.78, 5) is 12.2. The van der Waals surface area contributed by atoms with E-state index in [1.165, 1.54) is 18.2 Å². The summed E-state index contributed by atoms with van der Waals surface area (Å²) in [6.45, 7) is 1.58. The molecule has 2 aromatic rings. The number of nitrogens with two attached hydrogens (primary N) is 1. The topological polar surface area (TPSA) is 43.1 Å². The van der Waals surface area contributed by atoms with Crippen LogP contribution in [0.3, 0.4) is 0 Å². The van der Waals surface area contributed by atoms with Gasteiger partial charge in [-0.2, -0.15) is 13.2 Å². The Morgan fingerprint density at radius 3 is 2.29 bits per heavy atom. The SMILES string of the molecule is Cc1cc(N)ccc1C(=O)c1cc(C(F)(F)F)ccc1F. The Kier molecular flexibility index (Phi) is 3.72. The van der Waals surface area contributed by atoms with Gasteiger partial charge in [0.25, 0.3) is 0 Å². The molecule has 0 bridgehead atoms. The van der Waals surface area contributed by atoms with Crippen LogP contribution in [0.2, 0.25) is 0 Å². The Hall–Kier alpha value is -2.37. The van der Waals surface area contributed by atoms with Gasteiger partial charge in [0.1, 0.15) is 5.82 Å². The maximum absolute atomic E-state index is 13.7. The number of benzene rings is 2. The average Bonchev–Trinajstić information content (AvgIpc) is 2.37. The van der Waals surface area contributed by atoms with Crippen LogP contribution in [-0.2, 0) is 6.18 Å². The molecule has 110 valence electrons. The number of carbonyl (C=O) groups excluding carboxylic acids is 1. The molecule has 2 nitrogen and oxygen atoms in total. The van der Waals surface area contributed by atoms with E-state index in [2.05, 4.69) is 0 Å². The van der Waals surface area contributed by atoms with Gasteiger partial charge in [-0.15, -0.1) is 0 Å². The highest BCUT2D eigenvalue weighted by atomic mass is 19.4. The van der Waals surface area contributed by atoms with Crippen molar-refractivity contribution >= 4 is 11.5 Å².